The van der Waals surface area contributed by atoms with Gasteiger partial charge in [-0.25, -0.2) is 4.98 Å². The van der Waals surface area contributed by atoms with Crippen LogP contribution in [0.3, 0.4) is 0 Å². The second-order valence-electron chi connectivity index (χ2n) is 5.75. The van der Waals surface area contributed by atoms with E-state index in [2.05, 4.69) is 43.4 Å². The predicted molar refractivity (Wildman–Crippen MR) is 84.8 cm³/mol. The maximum absolute atomic E-state index is 9.39. The van der Waals surface area contributed by atoms with Crippen molar-refractivity contribution in [3.63, 3.8) is 0 Å². The summed E-state index contributed by atoms with van der Waals surface area (Å²) >= 11 is 0. The smallest absolute Gasteiger partial charge is 0.148 e. The Morgan fingerprint density at radius 3 is 2.76 bits per heavy atom. The van der Waals surface area contributed by atoms with Crippen LogP contribution in [0.5, 0.6) is 0 Å². The number of hydrogen-bond donors (Lipinski definition) is 1. The average Bonchev–Trinajstić information content (AvgIpc) is 2.50. The first-order valence-corrected chi connectivity index (χ1v) is 7.44. The third-order valence-electron chi connectivity index (χ3n) is 4.07. The number of anilines is 2. The van der Waals surface area contributed by atoms with E-state index in [9.17, 15) is 5.26 Å². The molecule has 1 heterocycles. The molecule has 0 atom stereocenters. The summed E-state index contributed by atoms with van der Waals surface area (Å²) in [6.07, 6.45) is 4.45. The Bertz CT molecular complexity index is 726. The Morgan fingerprint density at radius 2 is 1.95 bits per heavy atom. The molecule has 2 aromatic rings. The number of aryl methyl sites for hydroxylation is 4. The second kappa shape index (κ2) is 5.57. The van der Waals surface area contributed by atoms with Gasteiger partial charge in [0, 0.05) is 11.4 Å². The number of nitrogens with zero attached hydrogens (tertiary/aromatic N) is 2. The molecule has 0 radical (unpaired) electrons. The van der Waals surface area contributed by atoms with Crippen LogP contribution < -0.4 is 5.32 Å². The topological polar surface area (TPSA) is 48.7 Å². The van der Waals surface area contributed by atoms with Crippen LogP contribution in [0.15, 0.2) is 24.3 Å². The van der Waals surface area contributed by atoms with Gasteiger partial charge in [-0.2, -0.15) is 5.26 Å². The van der Waals surface area contributed by atoms with E-state index >= 15 is 0 Å². The number of pyridine rings is 1. The molecule has 0 fully saturated rings. The van der Waals surface area contributed by atoms with Crippen molar-refractivity contribution < 1.29 is 0 Å². The SMILES string of the molecule is Cc1ccc(C)c(Nc2nc3c(cc2C#N)CCCC3)c1. The molecule has 3 nitrogen and oxygen atoms in total. The minimum absolute atomic E-state index is 0.636. The van der Waals surface area contributed by atoms with Crippen LogP contribution in [0.1, 0.15) is 40.8 Å². The molecule has 0 amide bonds. The molecule has 1 N–H and O–H groups in total. The molecule has 0 bridgehead atoms. The molecular formula is C18H19N3. The Labute approximate surface area is 125 Å². The van der Waals surface area contributed by atoms with Gasteiger partial charge in [-0.05, 0) is 68.4 Å². The van der Waals surface area contributed by atoms with E-state index in [1.165, 1.54) is 24.0 Å². The first kappa shape index (κ1) is 13.6. The van der Waals surface area contributed by atoms with E-state index in [-0.39, 0.29) is 0 Å². The van der Waals surface area contributed by atoms with Crippen molar-refractivity contribution in [2.45, 2.75) is 39.5 Å². The van der Waals surface area contributed by atoms with Crippen molar-refractivity contribution in [3.8, 4) is 6.07 Å². The number of fused-ring (bicyclic) bond motifs is 1. The lowest BCUT2D eigenvalue weighted by Gasteiger charge is -2.18. The quantitative estimate of drug-likeness (QED) is 0.895. The summed E-state index contributed by atoms with van der Waals surface area (Å²) < 4.78 is 0. The van der Waals surface area contributed by atoms with Gasteiger partial charge in [0.1, 0.15) is 11.9 Å². The summed E-state index contributed by atoms with van der Waals surface area (Å²) in [6.45, 7) is 4.13. The van der Waals surface area contributed by atoms with Gasteiger partial charge in [0.15, 0.2) is 0 Å². The van der Waals surface area contributed by atoms with Gasteiger partial charge in [0.25, 0.3) is 0 Å². The van der Waals surface area contributed by atoms with Crippen LogP contribution in [0.25, 0.3) is 0 Å². The maximum atomic E-state index is 9.39. The standard InChI is InChI=1S/C18H19N3/c1-12-7-8-13(2)17(9-12)21-18-15(11-19)10-14-5-3-4-6-16(14)20-18/h7-10H,3-6H2,1-2H3,(H,20,21). The molecule has 0 spiro atoms. The lowest BCUT2D eigenvalue weighted by Crippen LogP contribution is -2.09. The van der Waals surface area contributed by atoms with E-state index < -0.39 is 0 Å². The fourth-order valence-corrected chi connectivity index (χ4v) is 2.81. The molecule has 3 heteroatoms. The van der Waals surface area contributed by atoms with Gasteiger partial charge in [0.05, 0.1) is 5.56 Å². The van der Waals surface area contributed by atoms with E-state index in [1.54, 1.807) is 0 Å². The largest absolute Gasteiger partial charge is 0.339 e. The van der Waals surface area contributed by atoms with Crippen molar-refractivity contribution in [1.29, 1.82) is 5.26 Å². The van der Waals surface area contributed by atoms with Crippen molar-refractivity contribution in [3.05, 3.63) is 52.2 Å². The molecule has 0 saturated heterocycles. The molecule has 1 aliphatic rings. The van der Waals surface area contributed by atoms with Crippen LogP contribution in [-0.2, 0) is 12.8 Å². The minimum atomic E-state index is 0.636. The highest BCUT2D eigenvalue weighted by Gasteiger charge is 2.15. The van der Waals surface area contributed by atoms with Crippen LogP contribution in [0.4, 0.5) is 11.5 Å². The van der Waals surface area contributed by atoms with Crippen LogP contribution >= 0.6 is 0 Å². The van der Waals surface area contributed by atoms with E-state index in [1.807, 2.05) is 6.07 Å². The zero-order valence-electron chi connectivity index (χ0n) is 12.5. The van der Waals surface area contributed by atoms with Gasteiger partial charge in [-0.15, -0.1) is 0 Å². The first-order chi connectivity index (χ1) is 10.2. The van der Waals surface area contributed by atoms with Gasteiger partial charge >= 0.3 is 0 Å². The van der Waals surface area contributed by atoms with Crippen LogP contribution in [0.2, 0.25) is 0 Å². The lowest BCUT2D eigenvalue weighted by atomic mass is 9.95. The number of nitriles is 1. The Hall–Kier alpha value is -2.34. The van der Waals surface area contributed by atoms with Crippen molar-refractivity contribution >= 4 is 11.5 Å². The Kier molecular flexibility index (Phi) is 3.62. The van der Waals surface area contributed by atoms with Gasteiger partial charge in [-0.1, -0.05) is 12.1 Å². The van der Waals surface area contributed by atoms with E-state index in [4.69, 9.17) is 4.98 Å². The van der Waals surface area contributed by atoms with E-state index in [0.717, 1.165) is 29.8 Å². The van der Waals surface area contributed by atoms with Crippen LogP contribution in [-0.4, -0.2) is 4.98 Å². The highest BCUT2D eigenvalue weighted by atomic mass is 15.0. The zero-order chi connectivity index (χ0) is 14.8. The molecule has 0 saturated carbocycles. The Balaban J connectivity index is 2.02. The molecule has 0 unspecified atom stereocenters. The summed E-state index contributed by atoms with van der Waals surface area (Å²) in [5.41, 5.74) is 6.40. The number of nitrogens with one attached hydrogen (secondary N) is 1. The molecule has 0 aliphatic heterocycles. The van der Waals surface area contributed by atoms with Gasteiger partial charge in [0.2, 0.25) is 0 Å². The summed E-state index contributed by atoms with van der Waals surface area (Å²) in [5.74, 6) is 0.687. The summed E-state index contributed by atoms with van der Waals surface area (Å²) in [7, 11) is 0. The van der Waals surface area contributed by atoms with Crippen molar-refractivity contribution in [2.24, 2.45) is 0 Å². The Morgan fingerprint density at radius 1 is 1.14 bits per heavy atom. The van der Waals surface area contributed by atoms with Crippen molar-refractivity contribution in [2.75, 3.05) is 5.32 Å². The fraction of sp³-hybridized carbons (Fsp3) is 0.333. The highest BCUT2D eigenvalue weighted by Crippen LogP contribution is 2.27. The third kappa shape index (κ3) is 2.75. The van der Waals surface area contributed by atoms with Crippen molar-refractivity contribution in [1.82, 2.24) is 4.98 Å². The summed E-state index contributed by atoms with van der Waals surface area (Å²) in [6, 6.07) is 10.6. The maximum Gasteiger partial charge on any atom is 0.148 e. The first-order valence-electron chi connectivity index (χ1n) is 7.44. The minimum Gasteiger partial charge on any atom is -0.339 e. The van der Waals surface area contributed by atoms with Gasteiger partial charge in [-0.3, -0.25) is 0 Å². The molecule has 1 aromatic carbocycles. The molecule has 3 rings (SSSR count). The average molecular weight is 277 g/mol. The zero-order valence-corrected chi connectivity index (χ0v) is 12.5. The second-order valence-corrected chi connectivity index (χ2v) is 5.75. The summed E-state index contributed by atoms with van der Waals surface area (Å²) in [4.78, 5) is 4.72. The van der Waals surface area contributed by atoms with E-state index in [0.29, 0.717) is 11.4 Å². The lowest BCUT2D eigenvalue weighted by molar-refractivity contribution is 0.668. The molecule has 106 valence electrons. The molecular weight excluding hydrogens is 258 g/mol. The summed E-state index contributed by atoms with van der Waals surface area (Å²) in [5, 5.41) is 12.7. The number of benzene rings is 1. The predicted octanol–water partition coefficient (Wildman–Crippen LogP) is 4.19. The monoisotopic (exact) mass is 277 g/mol. The fourth-order valence-electron chi connectivity index (χ4n) is 2.81. The normalized spacial score (nSPS) is 13.4. The molecule has 1 aromatic heterocycles. The molecule has 21 heavy (non-hydrogen) atoms. The number of hydrogen-bond acceptors (Lipinski definition) is 3. The highest BCUT2D eigenvalue weighted by molar-refractivity contribution is 5.66. The van der Waals surface area contributed by atoms with Crippen LogP contribution in [0, 0.1) is 25.2 Å². The number of aromatic nitrogens is 1. The molecule has 1 aliphatic carbocycles. The van der Waals surface area contributed by atoms with Gasteiger partial charge < -0.3 is 5.32 Å². The number of rotatable bonds is 2. The third-order valence-corrected chi connectivity index (χ3v) is 4.07.